The van der Waals surface area contributed by atoms with Crippen LogP contribution in [0.5, 0.6) is 0 Å². The summed E-state index contributed by atoms with van der Waals surface area (Å²) in [5.41, 5.74) is 6.05. The molecule has 2 amide bonds. The third-order valence-corrected chi connectivity index (χ3v) is 6.39. The van der Waals surface area contributed by atoms with Gasteiger partial charge in [-0.1, -0.05) is 17.7 Å². The first-order chi connectivity index (χ1) is 14.0. The summed E-state index contributed by atoms with van der Waals surface area (Å²) in [7, 11) is 0. The topological polar surface area (TPSA) is 77.0 Å². The van der Waals surface area contributed by atoms with Crippen LogP contribution in [0.1, 0.15) is 22.9 Å². The van der Waals surface area contributed by atoms with Gasteiger partial charge in [0, 0.05) is 30.6 Å². The number of carbonyl (C=O) groups excluding carboxylic acids is 2. The predicted molar refractivity (Wildman–Crippen MR) is 115 cm³/mol. The number of hydrogen-bond acceptors (Lipinski definition) is 6. The van der Waals surface area contributed by atoms with Crippen LogP contribution in [0.15, 0.2) is 40.7 Å². The number of amidine groups is 1. The fraction of sp³-hybridized carbons (Fsp3) is 0.381. The highest BCUT2D eigenvalue weighted by molar-refractivity contribution is 7.10. The molecule has 4 rings (SSSR count). The van der Waals surface area contributed by atoms with Gasteiger partial charge in [-0.05, 0) is 49.4 Å². The number of nitrogens with zero attached hydrogens (tertiary/aromatic N) is 3. The van der Waals surface area contributed by atoms with Crippen molar-refractivity contribution in [1.29, 1.82) is 0 Å². The minimum absolute atomic E-state index is 0.0494. The molecule has 0 saturated heterocycles. The number of nitrogens with one attached hydrogen (secondary N) is 2. The lowest BCUT2D eigenvalue weighted by Crippen LogP contribution is -2.56. The van der Waals surface area contributed by atoms with Crippen LogP contribution in [-0.2, 0) is 22.6 Å². The number of fused-ring (bicyclic) bond motifs is 1. The summed E-state index contributed by atoms with van der Waals surface area (Å²) in [5, 5.41) is 6.48. The molecule has 2 aliphatic heterocycles. The Morgan fingerprint density at radius 2 is 2.10 bits per heavy atom. The van der Waals surface area contributed by atoms with Crippen LogP contribution in [0.4, 0.5) is 5.69 Å². The molecule has 1 atom stereocenters. The first-order valence-electron chi connectivity index (χ1n) is 9.79. The van der Waals surface area contributed by atoms with E-state index in [1.165, 1.54) is 15.4 Å². The maximum atomic E-state index is 12.6. The molecule has 0 spiro atoms. The molecule has 0 fully saturated rings. The Balaban J connectivity index is 1.33. The van der Waals surface area contributed by atoms with Crippen molar-refractivity contribution >= 4 is 34.7 Å². The predicted octanol–water partition coefficient (Wildman–Crippen LogP) is 1.87. The highest BCUT2D eigenvalue weighted by Gasteiger charge is 2.27. The highest BCUT2D eigenvalue weighted by Crippen LogP contribution is 2.25. The molecule has 0 unspecified atom stereocenters. The molecule has 1 aromatic carbocycles. The van der Waals surface area contributed by atoms with Gasteiger partial charge in [0.15, 0.2) is 0 Å². The zero-order valence-corrected chi connectivity index (χ0v) is 17.5. The molecule has 8 heteroatoms. The van der Waals surface area contributed by atoms with Crippen molar-refractivity contribution in [2.24, 2.45) is 4.99 Å². The van der Waals surface area contributed by atoms with Gasteiger partial charge in [-0.25, -0.2) is 5.01 Å². The van der Waals surface area contributed by atoms with Gasteiger partial charge in [0.25, 0.3) is 11.8 Å². The van der Waals surface area contributed by atoms with Crippen molar-refractivity contribution in [3.63, 3.8) is 0 Å². The normalized spacial score (nSPS) is 17.9. The Morgan fingerprint density at radius 3 is 2.90 bits per heavy atom. The van der Waals surface area contributed by atoms with Crippen molar-refractivity contribution in [2.45, 2.75) is 32.9 Å². The zero-order chi connectivity index (χ0) is 20.4. The van der Waals surface area contributed by atoms with Crippen LogP contribution in [0, 0.1) is 6.92 Å². The molecule has 0 aliphatic carbocycles. The van der Waals surface area contributed by atoms with Gasteiger partial charge in [-0.3, -0.25) is 24.9 Å². The molecule has 2 N–H and O–H groups in total. The molecule has 0 radical (unpaired) electrons. The SMILES string of the molecule is Cc1ccc(N2NC(C(=O)NC[C@@H](C)N3CCc4sccc4C3)=NCC2=O)cc1. The number of rotatable bonds is 5. The molecule has 3 heterocycles. The Bertz CT molecular complexity index is 937. The largest absolute Gasteiger partial charge is 0.348 e. The molecule has 2 aromatic rings. The number of thiophene rings is 1. The molecule has 2 aliphatic rings. The van der Waals surface area contributed by atoms with Crippen LogP contribution < -0.4 is 15.8 Å². The zero-order valence-electron chi connectivity index (χ0n) is 16.6. The van der Waals surface area contributed by atoms with Gasteiger partial charge in [0.05, 0.1) is 5.69 Å². The van der Waals surface area contributed by atoms with Crippen molar-refractivity contribution in [3.8, 4) is 0 Å². The second kappa shape index (κ2) is 8.34. The second-order valence-corrected chi connectivity index (χ2v) is 8.49. The number of aryl methyl sites for hydroxylation is 1. The van der Waals surface area contributed by atoms with Crippen molar-refractivity contribution in [1.82, 2.24) is 15.6 Å². The fourth-order valence-electron chi connectivity index (χ4n) is 3.55. The van der Waals surface area contributed by atoms with Gasteiger partial charge in [0.2, 0.25) is 5.84 Å². The Labute approximate surface area is 174 Å². The molecule has 1 aromatic heterocycles. The minimum Gasteiger partial charge on any atom is -0.348 e. The smallest absolute Gasteiger partial charge is 0.288 e. The molecular weight excluding hydrogens is 386 g/mol. The molecule has 7 nitrogen and oxygen atoms in total. The van der Waals surface area contributed by atoms with Crippen molar-refractivity contribution < 1.29 is 9.59 Å². The maximum Gasteiger partial charge on any atom is 0.288 e. The fourth-order valence-corrected chi connectivity index (χ4v) is 4.44. The van der Waals surface area contributed by atoms with Gasteiger partial charge >= 0.3 is 0 Å². The minimum atomic E-state index is -0.297. The molecule has 152 valence electrons. The van der Waals surface area contributed by atoms with Gasteiger partial charge < -0.3 is 5.32 Å². The van der Waals surface area contributed by atoms with E-state index in [-0.39, 0.29) is 30.2 Å². The van der Waals surface area contributed by atoms with Crippen LogP contribution in [0.3, 0.4) is 0 Å². The summed E-state index contributed by atoms with van der Waals surface area (Å²) in [6.07, 6.45) is 1.06. The lowest BCUT2D eigenvalue weighted by molar-refractivity contribution is -0.118. The Morgan fingerprint density at radius 1 is 1.31 bits per heavy atom. The lowest BCUT2D eigenvalue weighted by Gasteiger charge is -2.33. The number of carbonyl (C=O) groups is 2. The average molecular weight is 412 g/mol. The Kier molecular flexibility index (Phi) is 5.64. The van der Waals surface area contributed by atoms with E-state index >= 15 is 0 Å². The van der Waals surface area contributed by atoms with Gasteiger partial charge in [-0.15, -0.1) is 11.3 Å². The van der Waals surface area contributed by atoms with Crippen molar-refractivity contribution in [3.05, 3.63) is 51.7 Å². The van der Waals surface area contributed by atoms with Crippen LogP contribution in [-0.4, -0.2) is 48.2 Å². The van der Waals surface area contributed by atoms with E-state index in [0.717, 1.165) is 25.1 Å². The molecule has 29 heavy (non-hydrogen) atoms. The number of hydrazine groups is 1. The summed E-state index contributed by atoms with van der Waals surface area (Å²) in [5.74, 6) is -0.329. The molecule has 0 saturated carbocycles. The van der Waals surface area contributed by atoms with E-state index in [1.807, 2.05) is 42.5 Å². The first kappa shape index (κ1) is 19.6. The number of aliphatic imine (C=N–C) groups is 1. The summed E-state index contributed by atoms with van der Waals surface area (Å²) < 4.78 is 0. The van der Waals surface area contributed by atoms with E-state index in [4.69, 9.17) is 0 Å². The highest BCUT2D eigenvalue weighted by atomic mass is 32.1. The molecule has 0 bridgehead atoms. The number of anilines is 1. The summed E-state index contributed by atoms with van der Waals surface area (Å²) in [6.45, 7) is 6.50. The summed E-state index contributed by atoms with van der Waals surface area (Å²) >= 11 is 1.82. The van der Waals surface area contributed by atoms with E-state index < -0.39 is 0 Å². The number of amides is 2. The van der Waals surface area contributed by atoms with Gasteiger partial charge in [-0.2, -0.15) is 0 Å². The van der Waals surface area contributed by atoms with E-state index in [2.05, 4.69) is 39.0 Å². The van der Waals surface area contributed by atoms with Crippen LogP contribution >= 0.6 is 11.3 Å². The first-order valence-corrected chi connectivity index (χ1v) is 10.7. The monoisotopic (exact) mass is 411 g/mol. The van der Waals surface area contributed by atoms with E-state index in [1.54, 1.807) is 0 Å². The summed E-state index contributed by atoms with van der Waals surface area (Å²) in [6, 6.07) is 9.95. The lowest BCUT2D eigenvalue weighted by atomic mass is 10.1. The quantitative estimate of drug-likeness (QED) is 0.788. The van der Waals surface area contributed by atoms with E-state index in [9.17, 15) is 9.59 Å². The second-order valence-electron chi connectivity index (χ2n) is 7.49. The average Bonchev–Trinajstić information content (AvgIpc) is 3.20. The third kappa shape index (κ3) is 4.33. The summed E-state index contributed by atoms with van der Waals surface area (Å²) in [4.78, 5) is 32.8. The van der Waals surface area contributed by atoms with Crippen LogP contribution in [0.25, 0.3) is 0 Å². The van der Waals surface area contributed by atoms with Crippen molar-refractivity contribution in [2.75, 3.05) is 24.6 Å². The maximum absolute atomic E-state index is 12.6. The number of hydrogen-bond donors (Lipinski definition) is 2. The third-order valence-electron chi connectivity index (χ3n) is 5.37. The standard InChI is InChI=1S/C21H25N5O2S/c1-14-3-5-17(6-4-14)26-19(27)12-22-20(24-26)21(28)23-11-15(2)25-9-7-18-16(13-25)8-10-29-18/h3-6,8,10,15H,7,9,11-13H2,1-2H3,(H,22,24)(H,23,28)/t15-/m1/s1. The van der Waals surface area contributed by atoms with Crippen LogP contribution in [0.2, 0.25) is 0 Å². The van der Waals surface area contributed by atoms with Gasteiger partial charge in [0.1, 0.15) is 6.54 Å². The molecular formula is C21H25N5O2S. The van der Waals surface area contributed by atoms with E-state index in [0.29, 0.717) is 12.2 Å². The Hall–Kier alpha value is -2.71. The number of benzene rings is 1.